The molecule has 2 atom stereocenters. The van der Waals surface area contributed by atoms with Gasteiger partial charge in [-0.15, -0.1) is 0 Å². The van der Waals surface area contributed by atoms with E-state index in [1.807, 2.05) is 30.3 Å². The van der Waals surface area contributed by atoms with Gasteiger partial charge in [-0.25, -0.2) is 9.24 Å². The van der Waals surface area contributed by atoms with E-state index in [1.54, 1.807) is 18.2 Å². The number of nitrogens with one attached hydrogen (secondary N) is 1. The van der Waals surface area contributed by atoms with E-state index >= 15 is 4.39 Å². The Morgan fingerprint density at radius 1 is 0.814 bits per heavy atom. The first-order valence-electron chi connectivity index (χ1n) is 21.0. The van der Waals surface area contributed by atoms with Crippen LogP contribution in [-0.2, 0) is 16.1 Å². The molecule has 9 rings (SSSR count). The highest BCUT2D eigenvalue weighted by molar-refractivity contribution is 6.33. The molecule has 0 radical (unpaired) electrons. The van der Waals surface area contributed by atoms with E-state index in [2.05, 4.69) is 47.7 Å². The van der Waals surface area contributed by atoms with Gasteiger partial charge in [-0.1, -0.05) is 23.7 Å². The quantitative estimate of drug-likeness (QED) is 0.224. The lowest BCUT2D eigenvalue weighted by Crippen LogP contribution is -2.54. The van der Waals surface area contributed by atoms with Crippen LogP contribution in [0, 0.1) is 17.8 Å². The highest BCUT2D eigenvalue weighted by atomic mass is 35.5. The average molecular weight is 821 g/mol. The monoisotopic (exact) mass is 820 g/mol. The predicted molar refractivity (Wildman–Crippen MR) is 225 cm³/mol. The molecule has 5 fully saturated rings. The first kappa shape index (κ1) is 39.4. The SMILES string of the molecule is [C-]#[N+]c1ccc(N2CC3(CCN(c4ccc(CN5CCN(C6CCN(c7ccc8c(c7)C(=O)N(C7CCC(=O)NC7=O)C8=O)CC6)CC5)c(F)c4)CC3)C[C@@H]2C)cc1Cl. The first-order chi connectivity index (χ1) is 28.5. The van der Waals surface area contributed by atoms with Crippen LogP contribution in [0.15, 0.2) is 54.6 Å². The van der Waals surface area contributed by atoms with Crippen LogP contribution in [0.5, 0.6) is 0 Å². The van der Waals surface area contributed by atoms with Crippen molar-refractivity contribution in [1.29, 1.82) is 0 Å². The summed E-state index contributed by atoms with van der Waals surface area (Å²) in [4.78, 5) is 67.0. The second kappa shape index (κ2) is 15.9. The number of anilines is 3. The Morgan fingerprint density at radius 2 is 1.49 bits per heavy atom. The molecule has 1 spiro atoms. The molecule has 0 saturated carbocycles. The molecule has 1 N–H and O–H groups in total. The minimum atomic E-state index is -0.975. The van der Waals surface area contributed by atoms with Crippen molar-refractivity contribution < 1.29 is 23.6 Å². The molecule has 6 aliphatic heterocycles. The predicted octanol–water partition coefficient (Wildman–Crippen LogP) is 6.10. The summed E-state index contributed by atoms with van der Waals surface area (Å²) in [5, 5.41) is 2.75. The van der Waals surface area contributed by atoms with E-state index in [1.165, 1.54) is 0 Å². The number of fused-ring (bicyclic) bond motifs is 1. The third-order valence-corrected chi connectivity index (χ3v) is 14.2. The number of amides is 4. The molecule has 0 aromatic heterocycles. The molecule has 6 heterocycles. The van der Waals surface area contributed by atoms with Crippen LogP contribution in [0.3, 0.4) is 0 Å². The lowest BCUT2D eigenvalue weighted by Gasteiger charge is -2.43. The number of benzene rings is 3. The zero-order valence-electron chi connectivity index (χ0n) is 33.5. The molecule has 4 amide bonds. The molecular weight excluding hydrogens is 771 g/mol. The van der Waals surface area contributed by atoms with Gasteiger partial charge >= 0.3 is 0 Å². The topological polar surface area (TPSA) is 104 Å². The molecule has 0 aliphatic carbocycles. The standard InChI is InChI=1S/C45H50ClFN8O4/c1-29-26-45(28-54(29)34-6-8-39(48-2)37(46)24-34)13-17-52(18-14-45)33-4-3-30(38(47)25-33)27-50-19-21-53(22-20-50)31-11-15-51(16-12-31)32-5-7-35-36(23-32)44(59)55(43(35)58)40-9-10-41(56)49-42(40)57/h3-8,23-25,29,31,40H,9-22,26-28H2,1H3,(H,49,56,57)/t29-,40?/m0/s1. The first-order valence-corrected chi connectivity index (χ1v) is 21.4. The van der Waals surface area contributed by atoms with E-state index < -0.39 is 29.7 Å². The minimum absolute atomic E-state index is 0.0911. The van der Waals surface area contributed by atoms with Gasteiger partial charge < -0.3 is 14.7 Å². The van der Waals surface area contributed by atoms with Gasteiger partial charge in [-0.05, 0) is 93.3 Å². The largest absolute Gasteiger partial charge is 0.371 e. The van der Waals surface area contributed by atoms with E-state index in [9.17, 15) is 19.2 Å². The van der Waals surface area contributed by atoms with Crippen LogP contribution in [0.25, 0.3) is 4.85 Å². The van der Waals surface area contributed by atoms with E-state index in [-0.39, 0.29) is 24.1 Å². The smallest absolute Gasteiger partial charge is 0.262 e. The van der Waals surface area contributed by atoms with Gasteiger partial charge in [0.25, 0.3) is 11.8 Å². The zero-order chi connectivity index (χ0) is 41.0. The van der Waals surface area contributed by atoms with Crippen molar-refractivity contribution >= 4 is 58.0 Å². The number of imide groups is 2. The Morgan fingerprint density at radius 3 is 2.19 bits per heavy atom. The maximum atomic E-state index is 15.7. The molecule has 3 aromatic carbocycles. The second-order valence-corrected chi connectivity index (χ2v) is 17.8. The average Bonchev–Trinajstić information content (AvgIpc) is 3.69. The molecule has 14 heteroatoms. The number of piperidine rings is 3. The summed E-state index contributed by atoms with van der Waals surface area (Å²) in [5.41, 5.74) is 4.96. The van der Waals surface area contributed by atoms with Crippen LogP contribution >= 0.6 is 11.6 Å². The number of carbonyl (C=O) groups is 4. The van der Waals surface area contributed by atoms with Crippen molar-refractivity contribution in [3.05, 3.63) is 93.5 Å². The summed E-state index contributed by atoms with van der Waals surface area (Å²) in [6, 6.07) is 16.7. The lowest BCUT2D eigenvalue weighted by atomic mass is 9.76. The number of halogens is 2. The number of hydrogen-bond acceptors (Lipinski definition) is 9. The normalized spacial score (nSPS) is 24.2. The van der Waals surface area contributed by atoms with Crippen molar-refractivity contribution in [2.45, 2.75) is 76.5 Å². The molecule has 6 aliphatic rings. The molecule has 3 aromatic rings. The molecule has 59 heavy (non-hydrogen) atoms. The van der Waals surface area contributed by atoms with Crippen LogP contribution in [0.4, 0.5) is 27.1 Å². The maximum Gasteiger partial charge on any atom is 0.262 e. The fraction of sp³-hybridized carbons (Fsp3) is 0.489. The zero-order valence-corrected chi connectivity index (χ0v) is 34.2. The molecule has 1 unspecified atom stereocenters. The Bertz CT molecular complexity index is 2220. The Hall–Kier alpha value is -5.03. The third-order valence-electron chi connectivity index (χ3n) is 13.9. The van der Waals surface area contributed by atoms with Crippen molar-refractivity contribution in [3.63, 3.8) is 0 Å². The van der Waals surface area contributed by atoms with Crippen molar-refractivity contribution in [1.82, 2.24) is 20.0 Å². The fourth-order valence-corrected chi connectivity index (χ4v) is 10.8. The van der Waals surface area contributed by atoms with E-state index in [0.29, 0.717) is 40.5 Å². The minimum Gasteiger partial charge on any atom is -0.371 e. The maximum absolute atomic E-state index is 15.7. The van der Waals surface area contributed by atoms with Gasteiger partial charge in [0, 0.05) is 112 Å². The summed E-state index contributed by atoms with van der Waals surface area (Å²) < 4.78 is 15.7. The molecule has 308 valence electrons. The van der Waals surface area contributed by atoms with Gasteiger partial charge in [0.2, 0.25) is 17.5 Å². The van der Waals surface area contributed by atoms with Crippen molar-refractivity contribution in [2.75, 3.05) is 73.6 Å². The van der Waals surface area contributed by atoms with Crippen LogP contribution in [0.2, 0.25) is 5.02 Å². The third kappa shape index (κ3) is 7.55. The molecule has 12 nitrogen and oxygen atoms in total. The van der Waals surface area contributed by atoms with E-state index in [4.69, 9.17) is 18.2 Å². The summed E-state index contributed by atoms with van der Waals surface area (Å²) in [7, 11) is 0. The fourth-order valence-electron chi connectivity index (χ4n) is 10.6. The number of carbonyl (C=O) groups excluding carboxylic acids is 4. The van der Waals surface area contributed by atoms with Crippen LogP contribution in [-0.4, -0.2) is 115 Å². The number of piperazine rings is 1. The number of nitrogens with zero attached hydrogens (tertiary/aromatic N) is 7. The van der Waals surface area contributed by atoms with Crippen molar-refractivity contribution in [3.8, 4) is 0 Å². The van der Waals surface area contributed by atoms with Gasteiger partial charge in [-0.2, -0.15) is 0 Å². The van der Waals surface area contributed by atoms with Crippen LogP contribution in [0.1, 0.15) is 78.1 Å². The Labute approximate surface area is 349 Å². The van der Waals surface area contributed by atoms with Gasteiger partial charge in [0.15, 0.2) is 0 Å². The number of hydrogen-bond donors (Lipinski definition) is 1. The highest BCUT2D eigenvalue weighted by Crippen LogP contribution is 2.46. The summed E-state index contributed by atoms with van der Waals surface area (Å²) in [6.07, 6.45) is 5.40. The van der Waals surface area contributed by atoms with E-state index in [0.717, 1.165) is 119 Å². The molecule has 0 bridgehead atoms. The second-order valence-electron chi connectivity index (χ2n) is 17.4. The van der Waals surface area contributed by atoms with Gasteiger partial charge in [-0.3, -0.25) is 39.2 Å². The lowest BCUT2D eigenvalue weighted by molar-refractivity contribution is -0.136. The summed E-state index contributed by atoms with van der Waals surface area (Å²) in [5.74, 6) is -2.11. The Kier molecular flexibility index (Phi) is 10.6. The van der Waals surface area contributed by atoms with Crippen LogP contribution < -0.4 is 20.0 Å². The molecular formula is C45H50ClFN8O4. The summed E-state index contributed by atoms with van der Waals surface area (Å²) >= 11 is 6.38. The number of rotatable bonds is 7. The van der Waals surface area contributed by atoms with Crippen molar-refractivity contribution in [2.24, 2.45) is 5.41 Å². The molecule has 5 saturated heterocycles. The van der Waals surface area contributed by atoms with Gasteiger partial charge in [0.1, 0.15) is 11.9 Å². The van der Waals surface area contributed by atoms with Gasteiger partial charge in [0.05, 0.1) is 17.7 Å². The highest BCUT2D eigenvalue weighted by Gasteiger charge is 2.46. The Balaban J connectivity index is 0.734. The summed E-state index contributed by atoms with van der Waals surface area (Å²) in [6.45, 7) is 18.2.